The molecular weight excluding hydrogens is 652 g/mol. The Bertz CT molecular complexity index is 1840. The van der Waals surface area contributed by atoms with Crippen molar-refractivity contribution in [2.24, 2.45) is 0 Å². The van der Waals surface area contributed by atoms with Gasteiger partial charge in [0.25, 0.3) is 0 Å². The third-order valence-corrected chi connectivity index (χ3v) is 9.41. The van der Waals surface area contributed by atoms with Gasteiger partial charge >= 0.3 is 5.97 Å². The Balaban J connectivity index is 1.38. The summed E-state index contributed by atoms with van der Waals surface area (Å²) in [5, 5.41) is 19.6. The summed E-state index contributed by atoms with van der Waals surface area (Å²) in [4.78, 5) is 20.3. The van der Waals surface area contributed by atoms with E-state index in [0.717, 1.165) is 70.5 Å². The van der Waals surface area contributed by atoms with Crippen LogP contribution in [0.5, 0.6) is 17.2 Å². The van der Waals surface area contributed by atoms with Crippen molar-refractivity contribution in [2.45, 2.75) is 65.3 Å². The lowest BCUT2D eigenvalue weighted by Crippen LogP contribution is -2.44. The maximum Gasteiger partial charge on any atom is 0.320 e. The van der Waals surface area contributed by atoms with Gasteiger partial charge in [0.1, 0.15) is 42.6 Å². The maximum atomic E-state index is 12.0. The standard InChI is InChI=1S/C40H45ClN4O5/c1-27-31(10-7-11-33(27)34-12-8-14-37(28(34)2)48-17-9-15-44(3)4)26-50-39-20-38(49-25-30-18-29(21-42)22-43-23-30)32(19-35(39)41)24-45-16-6-5-13-36(45)40(46)47/h7-8,10-12,14,18-20,22-23,36H,5-6,9,13,15-17,24-26H2,1-4H3,(H,46,47)/t36-/m0/s1. The minimum absolute atomic E-state index is 0.165. The molecule has 0 amide bonds. The van der Waals surface area contributed by atoms with Crippen LogP contribution in [0.25, 0.3) is 11.1 Å². The largest absolute Gasteiger partial charge is 0.493 e. The molecule has 0 aliphatic carbocycles. The summed E-state index contributed by atoms with van der Waals surface area (Å²) >= 11 is 6.84. The highest BCUT2D eigenvalue weighted by molar-refractivity contribution is 6.32. The van der Waals surface area contributed by atoms with Crippen molar-refractivity contribution in [1.82, 2.24) is 14.8 Å². The molecular formula is C40H45ClN4O5. The molecule has 1 aromatic heterocycles. The number of halogens is 1. The number of nitrogens with zero attached hydrogens (tertiary/aromatic N) is 4. The fraction of sp³-hybridized carbons (Fsp3) is 0.375. The summed E-state index contributed by atoms with van der Waals surface area (Å²) in [6.07, 6.45) is 6.51. The van der Waals surface area contributed by atoms with Gasteiger partial charge in [0.05, 0.1) is 17.2 Å². The molecule has 5 rings (SSSR count). The van der Waals surface area contributed by atoms with E-state index in [2.05, 4.69) is 56.0 Å². The lowest BCUT2D eigenvalue weighted by atomic mass is 9.93. The van der Waals surface area contributed by atoms with Gasteiger partial charge in [0.15, 0.2) is 0 Å². The van der Waals surface area contributed by atoms with E-state index in [4.69, 9.17) is 25.8 Å². The predicted octanol–water partition coefficient (Wildman–Crippen LogP) is 7.82. The molecule has 0 saturated carbocycles. The van der Waals surface area contributed by atoms with Crippen molar-refractivity contribution in [1.29, 1.82) is 5.26 Å². The van der Waals surface area contributed by atoms with Crippen LogP contribution in [0, 0.1) is 25.2 Å². The first-order valence-corrected chi connectivity index (χ1v) is 17.4. The summed E-state index contributed by atoms with van der Waals surface area (Å²) in [5.41, 5.74) is 7.36. The highest BCUT2D eigenvalue weighted by Gasteiger charge is 2.29. The molecule has 3 aromatic carbocycles. The molecule has 1 aliphatic rings. The number of aliphatic carboxylic acids is 1. The van der Waals surface area contributed by atoms with Gasteiger partial charge in [0.2, 0.25) is 0 Å². The molecule has 2 heterocycles. The zero-order valence-corrected chi connectivity index (χ0v) is 30.0. The molecule has 0 spiro atoms. The van der Waals surface area contributed by atoms with Gasteiger partial charge in [-0.15, -0.1) is 0 Å². The number of carboxylic acid groups (broad SMARTS) is 1. The second-order valence-electron chi connectivity index (χ2n) is 13.0. The quantitative estimate of drug-likeness (QED) is 0.125. The zero-order valence-electron chi connectivity index (χ0n) is 29.2. The van der Waals surface area contributed by atoms with E-state index in [9.17, 15) is 15.2 Å². The molecule has 1 aliphatic heterocycles. The van der Waals surface area contributed by atoms with Crippen LogP contribution in [0.3, 0.4) is 0 Å². The molecule has 4 aromatic rings. The third-order valence-electron chi connectivity index (χ3n) is 9.12. The van der Waals surface area contributed by atoms with Gasteiger partial charge < -0.3 is 24.2 Å². The molecule has 1 N–H and O–H groups in total. The Morgan fingerprint density at radius 1 is 0.960 bits per heavy atom. The van der Waals surface area contributed by atoms with Crippen molar-refractivity contribution < 1.29 is 24.1 Å². The normalized spacial score (nSPS) is 14.7. The van der Waals surface area contributed by atoms with Crippen LogP contribution in [0.2, 0.25) is 5.02 Å². The van der Waals surface area contributed by atoms with Gasteiger partial charge in [-0.3, -0.25) is 14.7 Å². The van der Waals surface area contributed by atoms with Crippen molar-refractivity contribution in [3.63, 3.8) is 0 Å². The summed E-state index contributed by atoms with van der Waals surface area (Å²) < 4.78 is 18.8. The number of rotatable bonds is 15. The van der Waals surface area contributed by atoms with E-state index < -0.39 is 12.0 Å². The summed E-state index contributed by atoms with van der Waals surface area (Å²) in [6, 6.07) is 19.2. The van der Waals surface area contributed by atoms with E-state index in [1.54, 1.807) is 24.4 Å². The number of piperidine rings is 1. The van der Waals surface area contributed by atoms with Crippen LogP contribution < -0.4 is 14.2 Å². The van der Waals surface area contributed by atoms with Crippen molar-refractivity contribution >= 4 is 17.6 Å². The van der Waals surface area contributed by atoms with Gasteiger partial charge in [0, 0.05) is 42.7 Å². The van der Waals surface area contributed by atoms with Crippen LogP contribution in [0.4, 0.5) is 0 Å². The van der Waals surface area contributed by atoms with Crippen LogP contribution in [0.15, 0.2) is 67.0 Å². The monoisotopic (exact) mass is 696 g/mol. The number of nitriles is 1. The highest BCUT2D eigenvalue weighted by Crippen LogP contribution is 2.37. The summed E-state index contributed by atoms with van der Waals surface area (Å²) in [7, 11) is 4.12. The Morgan fingerprint density at radius 3 is 2.48 bits per heavy atom. The second kappa shape index (κ2) is 17.3. The molecule has 50 heavy (non-hydrogen) atoms. The minimum atomic E-state index is -0.829. The van der Waals surface area contributed by atoms with Gasteiger partial charge in [-0.25, -0.2) is 0 Å². The van der Waals surface area contributed by atoms with Crippen LogP contribution in [-0.4, -0.2) is 65.7 Å². The number of aromatic nitrogens is 1. The third kappa shape index (κ3) is 9.33. The topological polar surface area (TPSA) is 108 Å². The predicted molar refractivity (Wildman–Crippen MR) is 195 cm³/mol. The Hall–Kier alpha value is -4.62. The van der Waals surface area contributed by atoms with Crippen LogP contribution in [0.1, 0.15) is 59.1 Å². The van der Waals surface area contributed by atoms with E-state index in [0.29, 0.717) is 48.2 Å². The number of hydrogen-bond acceptors (Lipinski definition) is 8. The molecule has 0 radical (unpaired) electrons. The first kappa shape index (κ1) is 36.7. The summed E-state index contributed by atoms with van der Waals surface area (Å²) in [5.74, 6) is 1.04. The first-order chi connectivity index (χ1) is 24.1. The number of benzene rings is 3. The van der Waals surface area contributed by atoms with E-state index >= 15 is 0 Å². The number of hydrogen-bond donors (Lipinski definition) is 1. The average molecular weight is 697 g/mol. The van der Waals surface area contributed by atoms with Crippen LogP contribution in [-0.2, 0) is 24.6 Å². The number of pyridine rings is 1. The van der Waals surface area contributed by atoms with E-state index in [-0.39, 0.29) is 13.2 Å². The van der Waals surface area contributed by atoms with Gasteiger partial charge in [-0.1, -0.05) is 48.4 Å². The fourth-order valence-electron chi connectivity index (χ4n) is 6.32. The zero-order chi connectivity index (χ0) is 35.6. The molecule has 10 heteroatoms. The Morgan fingerprint density at radius 2 is 1.72 bits per heavy atom. The van der Waals surface area contributed by atoms with Crippen molar-refractivity contribution in [2.75, 3.05) is 33.8 Å². The lowest BCUT2D eigenvalue weighted by Gasteiger charge is -2.33. The van der Waals surface area contributed by atoms with E-state index in [1.165, 1.54) is 6.20 Å². The second-order valence-corrected chi connectivity index (χ2v) is 13.4. The van der Waals surface area contributed by atoms with Gasteiger partial charge in [-0.2, -0.15) is 5.26 Å². The van der Waals surface area contributed by atoms with E-state index in [1.807, 2.05) is 29.2 Å². The molecule has 9 nitrogen and oxygen atoms in total. The number of carbonyl (C=O) groups is 1. The lowest BCUT2D eigenvalue weighted by molar-refractivity contribution is -0.144. The molecule has 1 fully saturated rings. The minimum Gasteiger partial charge on any atom is -0.493 e. The fourth-order valence-corrected chi connectivity index (χ4v) is 6.57. The summed E-state index contributed by atoms with van der Waals surface area (Å²) in [6.45, 7) is 7.29. The molecule has 1 saturated heterocycles. The highest BCUT2D eigenvalue weighted by atomic mass is 35.5. The van der Waals surface area contributed by atoms with Gasteiger partial charge in [-0.05, 0) is 99.8 Å². The van der Waals surface area contributed by atoms with Crippen molar-refractivity contribution in [3.05, 3.63) is 105 Å². The average Bonchev–Trinajstić information content (AvgIpc) is 3.10. The smallest absolute Gasteiger partial charge is 0.320 e. The van der Waals surface area contributed by atoms with Crippen molar-refractivity contribution in [3.8, 4) is 34.4 Å². The van der Waals surface area contributed by atoms with Crippen LogP contribution >= 0.6 is 11.6 Å². The Kier molecular flexibility index (Phi) is 12.7. The first-order valence-electron chi connectivity index (χ1n) is 17.0. The molecule has 262 valence electrons. The molecule has 0 bridgehead atoms. The Labute approximate surface area is 300 Å². The maximum absolute atomic E-state index is 12.0. The SMILES string of the molecule is Cc1c(COc2cc(OCc3cncc(C#N)c3)c(CN3CCCC[C@H]3C(=O)O)cc2Cl)cccc1-c1cccc(OCCCN(C)C)c1C. The number of ether oxygens (including phenoxy) is 3. The molecule has 1 atom stereocenters. The molecule has 0 unspecified atom stereocenters. The number of carboxylic acids is 1. The number of likely N-dealkylation sites (tertiary alicyclic amines) is 1.